The van der Waals surface area contributed by atoms with Gasteiger partial charge in [-0.15, -0.1) is 11.6 Å². The molecule has 0 aromatic rings. The minimum atomic E-state index is -0.486. The molecule has 4 heteroatoms. The van der Waals surface area contributed by atoms with Crippen molar-refractivity contribution in [2.75, 3.05) is 19.0 Å². The number of ether oxygens (including phenoxy) is 1. The average molecular weight is 220 g/mol. The maximum atomic E-state index is 11.6. The van der Waals surface area contributed by atoms with Crippen LogP contribution >= 0.6 is 11.6 Å². The Balaban J connectivity index is 2.26. The number of rotatable bonds is 4. The number of carbonyl (C=O) groups excluding carboxylic acids is 1. The second kappa shape index (κ2) is 4.99. The van der Waals surface area contributed by atoms with Crippen molar-refractivity contribution in [1.82, 2.24) is 5.32 Å². The largest absolute Gasteiger partial charge is 0.376 e. The van der Waals surface area contributed by atoms with Crippen LogP contribution in [0.1, 0.15) is 26.7 Å². The van der Waals surface area contributed by atoms with Crippen molar-refractivity contribution in [2.24, 2.45) is 5.41 Å². The highest BCUT2D eigenvalue weighted by Crippen LogP contribution is 2.17. The van der Waals surface area contributed by atoms with Crippen molar-refractivity contribution in [3.63, 3.8) is 0 Å². The number of hydrogen-bond acceptors (Lipinski definition) is 2. The Morgan fingerprint density at radius 3 is 2.86 bits per heavy atom. The third kappa shape index (κ3) is 3.14. The summed E-state index contributed by atoms with van der Waals surface area (Å²) in [6.45, 7) is 5.11. The minimum absolute atomic E-state index is 0.00278. The number of hydrogen-bond donors (Lipinski definition) is 1. The highest BCUT2D eigenvalue weighted by molar-refractivity contribution is 6.19. The monoisotopic (exact) mass is 219 g/mol. The van der Waals surface area contributed by atoms with Gasteiger partial charge in [0.25, 0.3) is 0 Å². The molecule has 82 valence electrons. The lowest BCUT2D eigenvalue weighted by molar-refractivity contribution is -0.128. The van der Waals surface area contributed by atoms with Gasteiger partial charge in [0.1, 0.15) is 0 Å². The molecular formula is C10H18ClNO2. The van der Waals surface area contributed by atoms with Crippen molar-refractivity contribution >= 4 is 17.5 Å². The van der Waals surface area contributed by atoms with E-state index in [9.17, 15) is 4.79 Å². The van der Waals surface area contributed by atoms with Gasteiger partial charge in [-0.2, -0.15) is 0 Å². The summed E-state index contributed by atoms with van der Waals surface area (Å²) < 4.78 is 5.40. The summed E-state index contributed by atoms with van der Waals surface area (Å²) in [7, 11) is 0. The Morgan fingerprint density at radius 1 is 1.64 bits per heavy atom. The molecule has 0 radical (unpaired) electrons. The predicted octanol–water partition coefficient (Wildman–Crippen LogP) is 1.55. The van der Waals surface area contributed by atoms with E-state index in [-0.39, 0.29) is 12.0 Å². The molecule has 1 fully saturated rings. The van der Waals surface area contributed by atoms with Gasteiger partial charge in [-0.3, -0.25) is 4.79 Å². The molecule has 0 spiro atoms. The molecule has 1 atom stereocenters. The quantitative estimate of drug-likeness (QED) is 0.729. The highest BCUT2D eigenvalue weighted by atomic mass is 35.5. The van der Waals surface area contributed by atoms with E-state index in [0.717, 1.165) is 19.4 Å². The SMILES string of the molecule is CC(C)(CCl)C(=O)NCC1CCCO1. The van der Waals surface area contributed by atoms with E-state index in [2.05, 4.69) is 5.32 Å². The molecule has 1 heterocycles. The molecule has 1 amide bonds. The van der Waals surface area contributed by atoms with Crippen LogP contribution in [-0.4, -0.2) is 31.0 Å². The van der Waals surface area contributed by atoms with Crippen molar-refractivity contribution in [2.45, 2.75) is 32.8 Å². The fourth-order valence-electron chi connectivity index (χ4n) is 1.31. The van der Waals surface area contributed by atoms with Gasteiger partial charge in [-0.25, -0.2) is 0 Å². The molecule has 0 aromatic carbocycles. The number of alkyl halides is 1. The van der Waals surface area contributed by atoms with E-state index < -0.39 is 5.41 Å². The summed E-state index contributed by atoms with van der Waals surface area (Å²) in [5, 5.41) is 2.87. The van der Waals surface area contributed by atoms with Gasteiger partial charge in [0.15, 0.2) is 0 Å². The van der Waals surface area contributed by atoms with Crippen LogP contribution in [0.4, 0.5) is 0 Å². The summed E-state index contributed by atoms with van der Waals surface area (Å²) >= 11 is 5.69. The fourth-order valence-corrected chi connectivity index (χ4v) is 1.43. The van der Waals surface area contributed by atoms with E-state index in [1.165, 1.54) is 0 Å². The molecule has 0 aliphatic carbocycles. The van der Waals surface area contributed by atoms with E-state index >= 15 is 0 Å². The Kier molecular flexibility index (Phi) is 4.20. The summed E-state index contributed by atoms with van der Waals surface area (Å²) in [5.74, 6) is 0.340. The van der Waals surface area contributed by atoms with Crippen LogP contribution in [0.3, 0.4) is 0 Å². The first-order valence-electron chi connectivity index (χ1n) is 5.02. The van der Waals surface area contributed by atoms with Crippen LogP contribution in [-0.2, 0) is 9.53 Å². The molecule has 0 bridgehead atoms. The first-order chi connectivity index (χ1) is 6.56. The van der Waals surface area contributed by atoms with Crippen LogP contribution in [0, 0.1) is 5.41 Å². The fraction of sp³-hybridized carbons (Fsp3) is 0.900. The summed E-state index contributed by atoms with van der Waals surface area (Å²) in [6.07, 6.45) is 2.34. The zero-order chi connectivity index (χ0) is 10.6. The van der Waals surface area contributed by atoms with Gasteiger partial charge in [-0.1, -0.05) is 0 Å². The first kappa shape index (κ1) is 11.8. The Morgan fingerprint density at radius 2 is 2.36 bits per heavy atom. The van der Waals surface area contributed by atoms with Crippen molar-refractivity contribution in [3.05, 3.63) is 0 Å². The van der Waals surface area contributed by atoms with Crippen molar-refractivity contribution in [1.29, 1.82) is 0 Å². The van der Waals surface area contributed by atoms with E-state index in [1.54, 1.807) is 0 Å². The standard InChI is InChI=1S/C10H18ClNO2/c1-10(2,7-11)9(13)12-6-8-4-3-5-14-8/h8H,3-7H2,1-2H3,(H,12,13). The smallest absolute Gasteiger partial charge is 0.226 e. The van der Waals surface area contributed by atoms with E-state index in [1.807, 2.05) is 13.8 Å². The van der Waals surface area contributed by atoms with E-state index in [4.69, 9.17) is 16.3 Å². The normalized spacial score (nSPS) is 22.4. The van der Waals surface area contributed by atoms with Gasteiger partial charge in [0.05, 0.1) is 11.5 Å². The van der Waals surface area contributed by atoms with Crippen molar-refractivity contribution < 1.29 is 9.53 Å². The number of carbonyl (C=O) groups is 1. The van der Waals surface area contributed by atoms with Crippen LogP contribution in [0.25, 0.3) is 0 Å². The first-order valence-corrected chi connectivity index (χ1v) is 5.55. The maximum Gasteiger partial charge on any atom is 0.226 e. The molecule has 1 rings (SSSR count). The zero-order valence-electron chi connectivity index (χ0n) is 8.81. The van der Waals surface area contributed by atoms with Crippen LogP contribution in [0.15, 0.2) is 0 Å². The molecule has 1 N–H and O–H groups in total. The van der Waals surface area contributed by atoms with E-state index in [0.29, 0.717) is 12.4 Å². The third-order valence-corrected chi connectivity index (χ3v) is 3.13. The van der Waals surface area contributed by atoms with Gasteiger partial charge in [0, 0.05) is 19.0 Å². The molecule has 3 nitrogen and oxygen atoms in total. The lowest BCUT2D eigenvalue weighted by Crippen LogP contribution is -2.41. The lowest BCUT2D eigenvalue weighted by Gasteiger charge is -2.21. The summed E-state index contributed by atoms with van der Waals surface area (Å²) in [4.78, 5) is 11.6. The van der Waals surface area contributed by atoms with Crippen molar-refractivity contribution in [3.8, 4) is 0 Å². The molecule has 1 unspecified atom stereocenters. The Labute approximate surface area is 90.1 Å². The predicted molar refractivity (Wildman–Crippen MR) is 56.5 cm³/mol. The van der Waals surface area contributed by atoms with Crippen LogP contribution in [0.2, 0.25) is 0 Å². The van der Waals surface area contributed by atoms with Crippen LogP contribution < -0.4 is 5.32 Å². The number of amides is 1. The van der Waals surface area contributed by atoms with Gasteiger partial charge in [-0.05, 0) is 26.7 Å². The minimum Gasteiger partial charge on any atom is -0.376 e. The molecule has 0 saturated carbocycles. The second-order valence-electron chi connectivity index (χ2n) is 4.36. The highest BCUT2D eigenvalue weighted by Gasteiger charge is 2.27. The Hall–Kier alpha value is -0.280. The average Bonchev–Trinajstić information content (AvgIpc) is 2.66. The second-order valence-corrected chi connectivity index (χ2v) is 4.63. The molecule has 1 aliphatic heterocycles. The van der Waals surface area contributed by atoms with Gasteiger partial charge < -0.3 is 10.1 Å². The summed E-state index contributed by atoms with van der Waals surface area (Å²) in [5.41, 5.74) is -0.486. The lowest BCUT2D eigenvalue weighted by atomic mass is 9.95. The summed E-state index contributed by atoms with van der Waals surface area (Å²) in [6, 6.07) is 0. The van der Waals surface area contributed by atoms with Gasteiger partial charge >= 0.3 is 0 Å². The number of halogens is 1. The maximum absolute atomic E-state index is 11.6. The molecule has 1 saturated heterocycles. The number of nitrogens with one attached hydrogen (secondary N) is 1. The molecule has 0 aromatic heterocycles. The Bertz CT molecular complexity index is 200. The molecular weight excluding hydrogens is 202 g/mol. The molecule has 1 aliphatic rings. The van der Waals surface area contributed by atoms with Gasteiger partial charge in [0.2, 0.25) is 5.91 Å². The topological polar surface area (TPSA) is 38.3 Å². The zero-order valence-corrected chi connectivity index (χ0v) is 9.56. The molecule has 14 heavy (non-hydrogen) atoms. The third-order valence-electron chi connectivity index (χ3n) is 2.46. The van der Waals surface area contributed by atoms with Crippen LogP contribution in [0.5, 0.6) is 0 Å².